The molecule has 0 radical (unpaired) electrons. The van der Waals surface area contributed by atoms with Crippen LogP contribution in [0.15, 0.2) is 216 Å². The number of benzene rings is 8. The SMILES string of the molecule is c1ccc(C2N=C3c4ccc(-c5ccc6c(c5)-c5ccccc5N5C6=NC(c6ccccc6)C5c5ccccc5)cc4-c4ccccc4N3C2c2ccccc2)cc1. The van der Waals surface area contributed by atoms with Crippen molar-refractivity contribution < 1.29 is 0 Å². The van der Waals surface area contributed by atoms with Gasteiger partial charge in [0.05, 0.1) is 23.5 Å². The Labute approximate surface area is 338 Å². The number of rotatable bonds is 5. The first-order valence-electron chi connectivity index (χ1n) is 20.2. The van der Waals surface area contributed by atoms with E-state index in [0.29, 0.717) is 0 Å². The molecule has 4 unspecified atom stereocenters. The summed E-state index contributed by atoms with van der Waals surface area (Å²) >= 11 is 0. The Morgan fingerprint density at radius 1 is 0.293 bits per heavy atom. The molecule has 0 amide bonds. The van der Waals surface area contributed by atoms with Gasteiger partial charge in [0.25, 0.3) is 0 Å². The first-order chi connectivity index (χ1) is 28.8. The molecule has 12 rings (SSSR count). The molecular weight excluding hydrogens is 705 g/mol. The van der Waals surface area contributed by atoms with Gasteiger partial charge in [-0.25, -0.2) is 0 Å². The Hall–Kier alpha value is -7.30. The number of aliphatic imine (C=N–C) groups is 2. The van der Waals surface area contributed by atoms with Crippen LogP contribution in [0.3, 0.4) is 0 Å². The van der Waals surface area contributed by atoms with Gasteiger partial charge in [-0.3, -0.25) is 9.98 Å². The van der Waals surface area contributed by atoms with Gasteiger partial charge in [0.2, 0.25) is 0 Å². The van der Waals surface area contributed by atoms with Crippen LogP contribution in [-0.4, -0.2) is 11.7 Å². The monoisotopic (exact) mass is 742 g/mol. The van der Waals surface area contributed by atoms with Crippen LogP contribution in [0.4, 0.5) is 11.4 Å². The standard InChI is InChI=1S/C54H38N4/c1-5-17-35(18-6-1)49-51(37-21-9-3-10-22-37)57-47-27-15-13-25-41(47)45-33-39(29-31-43(45)53(57)55-49)40-30-32-44-46(34-40)42-26-14-16-28-48(42)58-52(38-23-11-4-12-24-38)50(56-54(44)58)36-19-7-2-8-20-36/h1-34,49-52H. The maximum Gasteiger partial charge on any atom is 0.137 e. The summed E-state index contributed by atoms with van der Waals surface area (Å²) in [5.74, 6) is 2.06. The fourth-order valence-corrected chi connectivity index (χ4v) is 9.88. The molecule has 4 atom stereocenters. The highest BCUT2D eigenvalue weighted by atomic mass is 15.3. The van der Waals surface area contributed by atoms with Crippen molar-refractivity contribution in [1.29, 1.82) is 0 Å². The molecule has 0 bridgehead atoms. The minimum Gasteiger partial charge on any atom is -0.315 e. The lowest BCUT2D eigenvalue weighted by Gasteiger charge is -2.36. The molecule has 0 spiro atoms. The molecule has 8 aromatic rings. The van der Waals surface area contributed by atoms with E-state index in [9.17, 15) is 0 Å². The molecule has 0 aliphatic carbocycles. The van der Waals surface area contributed by atoms with Gasteiger partial charge in [0.15, 0.2) is 0 Å². The van der Waals surface area contributed by atoms with Crippen molar-refractivity contribution in [2.45, 2.75) is 24.2 Å². The van der Waals surface area contributed by atoms with Crippen molar-refractivity contribution in [3.63, 3.8) is 0 Å². The molecule has 0 N–H and O–H groups in total. The Balaban J connectivity index is 0.992. The highest BCUT2D eigenvalue weighted by molar-refractivity contribution is 6.22. The fourth-order valence-electron chi connectivity index (χ4n) is 9.88. The average Bonchev–Trinajstić information content (AvgIpc) is 3.91. The van der Waals surface area contributed by atoms with Gasteiger partial charge in [0.1, 0.15) is 23.8 Å². The second kappa shape index (κ2) is 13.1. The van der Waals surface area contributed by atoms with Crippen molar-refractivity contribution in [3.05, 3.63) is 240 Å². The van der Waals surface area contributed by atoms with E-state index in [4.69, 9.17) is 9.98 Å². The number of hydrogen-bond donors (Lipinski definition) is 0. The highest BCUT2D eigenvalue weighted by Crippen LogP contribution is 2.54. The zero-order valence-electron chi connectivity index (χ0n) is 31.7. The van der Waals surface area contributed by atoms with Crippen LogP contribution in [0.1, 0.15) is 57.5 Å². The zero-order valence-corrected chi connectivity index (χ0v) is 31.7. The normalized spacial score (nSPS) is 19.5. The van der Waals surface area contributed by atoms with Gasteiger partial charge in [-0.2, -0.15) is 0 Å². The van der Waals surface area contributed by atoms with Gasteiger partial charge in [-0.15, -0.1) is 0 Å². The number of anilines is 2. The molecule has 274 valence electrons. The Morgan fingerprint density at radius 3 is 1.03 bits per heavy atom. The molecule has 58 heavy (non-hydrogen) atoms. The van der Waals surface area contributed by atoms with Crippen molar-refractivity contribution in [2.75, 3.05) is 9.80 Å². The van der Waals surface area contributed by atoms with Gasteiger partial charge < -0.3 is 9.80 Å². The van der Waals surface area contributed by atoms with Crippen molar-refractivity contribution in [1.82, 2.24) is 0 Å². The topological polar surface area (TPSA) is 31.2 Å². The minimum atomic E-state index is -0.0426. The average molecular weight is 743 g/mol. The molecule has 4 heteroatoms. The molecule has 4 aliphatic heterocycles. The maximum absolute atomic E-state index is 5.57. The number of para-hydroxylation sites is 2. The highest BCUT2D eigenvalue weighted by Gasteiger charge is 2.45. The summed E-state index contributed by atoms with van der Waals surface area (Å²) in [4.78, 5) is 16.1. The van der Waals surface area contributed by atoms with Crippen molar-refractivity contribution in [3.8, 4) is 33.4 Å². The lowest BCUT2D eigenvalue weighted by atomic mass is 9.85. The second-order valence-corrected chi connectivity index (χ2v) is 15.6. The quantitative estimate of drug-likeness (QED) is 0.176. The smallest absolute Gasteiger partial charge is 0.137 e. The second-order valence-electron chi connectivity index (χ2n) is 15.6. The molecular formula is C54H38N4. The van der Waals surface area contributed by atoms with E-state index in [2.05, 4.69) is 216 Å². The first-order valence-corrected chi connectivity index (χ1v) is 20.2. The first kappa shape index (κ1) is 32.9. The lowest BCUT2D eigenvalue weighted by Crippen LogP contribution is -2.35. The molecule has 4 nitrogen and oxygen atoms in total. The predicted molar refractivity (Wildman–Crippen MR) is 238 cm³/mol. The Morgan fingerprint density at radius 2 is 0.638 bits per heavy atom. The number of hydrogen-bond acceptors (Lipinski definition) is 4. The van der Waals surface area contributed by atoms with Gasteiger partial charge in [-0.05, 0) is 68.8 Å². The number of amidine groups is 2. The summed E-state index contributed by atoms with van der Waals surface area (Å²) in [7, 11) is 0. The summed E-state index contributed by atoms with van der Waals surface area (Å²) in [6, 6.07) is 74.9. The summed E-state index contributed by atoms with van der Waals surface area (Å²) < 4.78 is 0. The van der Waals surface area contributed by atoms with E-state index in [0.717, 1.165) is 11.7 Å². The fraction of sp³-hybridized carbons (Fsp3) is 0.0741. The maximum atomic E-state index is 5.57. The van der Waals surface area contributed by atoms with Crippen LogP contribution in [0.25, 0.3) is 33.4 Å². The minimum absolute atomic E-state index is 0.0364. The van der Waals surface area contributed by atoms with Crippen molar-refractivity contribution >= 4 is 23.0 Å². The van der Waals surface area contributed by atoms with Crippen LogP contribution in [0, 0.1) is 0 Å². The van der Waals surface area contributed by atoms with E-state index >= 15 is 0 Å². The summed E-state index contributed by atoms with van der Waals surface area (Å²) in [5.41, 5.74) is 16.9. The summed E-state index contributed by atoms with van der Waals surface area (Å²) in [6.45, 7) is 0. The van der Waals surface area contributed by atoms with Crippen LogP contribution in [0.2, 0.25) is 0 Å². The van der Waals surface area contributed by atoms with Crippen LogP contribution in [0.5, 0.6) is 0 Å². The van der Waals surface area contributed by atoms with E-state index in [1.54, 1.807) is 0 Å². The van der Waals surface area contributed by atoms with Crippen LogP contribution in [-0.2, 0) is 0 Å². The van der Waals surface area contributed by atoms with Gasteiger partial charge >= 0.3 is 0 Å². The lowest BCUT2D eigenvalue weighted by molar-refractivity contribution is 0.612. The van der Waals surface area contributed by atoms with Gasteiger partial charge in [-0.1, -0.05) is 182 Å². The zero-order chi connectivity index (χ0) is 38.2. The summed E-state index contributed by atoms with van der Waals surface area (Å²) in [6.07, 6.45) is 0. The molecule has 0 saturated carbocycles. The third kappa shape index (κ3) is 5.01. The summed E-state index contributed by atoms with van der Waals surface area (Å²) in [5, 5.41) is 0. The van der Waals surface area contributed by atoms with Gasteiger partial charge in [0, 0.05) is 22.3 Å². The molecule has 0 saturated heterocycles. The van der Waals surface area contributed by atoms with E-state index < -0.39 is 0 Å². The largest absolute Gasteiger partial charge is 0.315 e. The van der Waals surface area contributed by atoms with Crippen LogP contribution < -0.4 is 9.80 Å². The molecule has 0 aromatic heterocycles. The number of nitrogens with zero attached hydrogens (tertiary/aromatic N) is 4. The van der Waals surface area contributed by atoms with Crippen LogP contribution >= 0.6 is 0 Å². The third-order valence-electron chi connectivity index (χ3n) is 12.5. The molecule has 4 heterocycles. The number of fused-ring (bicyclic) bond motifs is 12. The molecule has 8 aromatic carbocycles. The van der Waals surface area contributed by atoms with Crippen molar-refractivity contribution in [2.24, 2.45) is 9.98 Å². The molecule has 4 aliphatic rings. The Kier molecular flexibility index (Phi) is 7.45. The van der Waals surface area contributed by atoms with E-state index in [-0.39, 0.29) is 24.2 Å². The predicted octanol–water partition coefficient (Wildman–Crippen LogP) is 12.8. The van der Waals surface area contributed by atoms with E-state index in [1.165, 1.54) is 78.1 Å². The van der Waals surface area contributed by atoms with E-state index in [1.807, 2.05) is 0 Å². The Bertz CT molecular complexity index is 2720. The third-order valence-corrected chi connectivity index (χ3v) is 12.5. The molecule has 0 fully saturated rings.